The van der Waals surface area contributed by atoms with Gasteiger partial charge in [-0.1, -0.05) is 23.2 Å². The van der Waals surface area contributed by atoms with Crippen LogP contribution in [0.15, 0.2) is 18.2 Å². The maximum Gasteiger partial charge on any atom is 0.424 e. The summed E-state index contributed by atoms with van der Waals surface area (Å²) < 4.78 is 5.99. The molecule has 2 rings (SSSR count). The first kappa shape index (κ1) is 14.6. The minimum absolute atomic E-state index is 0.0218. The first-order chi connectivity index (χ1) is 9.45. The molecular weight excluding hydrogens is 303 g/mol. The van der Waals surface area contributed by atoms with Crippen LogP contribution in [0.25, 0.3) is 0 Å². The molecular formula is C13H9Cl2N2O3. The van der Waals surface area contributed by atoms with Crippen molar-refractivity contribution in [1.82, 2.24) is 9.78 Å². The molecule has 7 heteroatoms. The zero-order valence-corrected chi connectivity index (χ0v) is 12.1. The van der Waals surface area contributed by atoms with E-state index >= 15 is 0 Å². The smallest absolute Gasteiger partial charge is 0.398 e. The Morgan fingerprint density at radius 2 is 2.10 bits per heavy atom. The minimum atomic E-state index is -0.400. The molecule has 0 N–H and O–H groups in total. The quantitative estimate of drug-likeness (QED) is 0.814. The molecule has 0 saturated heterocycles. The van der Waals surface area contributed by atoms with Crippen LogP contribution in [0.1, 0.15) is 21.6 Å². The Labute approximate surface area is 125 Å². The Balaban J connectivity index is 2.56. The van der Waals surface area contributed by atoms with Crippen LogP contribution in [0.3, 0.4) is 0 Å². The van der Waals surface area contributed by atoms with E-state index in [1.165, 1.54) is 23.3 Å². The van der Waals surface area contributed by atoms with Crippen molar-refractivity contribution < 1.29 is 14.3 Å². The van der Waals surface area contributed by atoms with E-state index in [9.17, 15) is 9.59 Å². The minimum Gasteiger partial charge on any atom is -0.398 e. The molecule has 0 amide bonds. The first-order valence-electron chi connectivity index (χ1n) is 5.53. The molecule has 20 heavy (non-hydrogen) atoms. The van der Waals surface area contributed by atoms with Gasteiger partial charge in [0, 0.05) is 17.6 Å². The largest absolute Gasteiger partial charge is 0.424 e. The Bertz CT molecular complexity index is 695. The number of carbonyl (C=O) groups excluding carboxylic acids is 2. The monoisotopic (exact) mass is 311 g/mol. The number of aromatic nitrogens is 2. The standard InChI is InChI=1S/C13H9Cl2N2O3/c1-7-11(13(20-6-18)17(2)16-7)12(19)9-4-3-8(14)5-10(9)15/h3-5H,1-2H3. The fraction of sp³-hybridized carbons (Fsp3) is 0.154. The summed E-state index contributed by atoms with van der Waals surface area (Å²) in [6.45, 7) is 2.93. The molecule has 0 aliphatic carbocycles. The molecule has 103 valence electrons. The van der Waals surface area contributed by atoms with E-state index in [-0.39, 0.29) is 22.0 Å². The summed E-state index contributed by atoms with van der Waals surface area (Å²) in [5.74, 6) is -0.379. The number of benzene rings is 1. The highest BCUT2D eigenvalue weighted by Gasteiger charge is 2.24. The van der Waals surface area contributed by atoms with Crippen LogP contribution >= 0.6 is 23.2 Å². The predicted octanol–water partition coefficient (Wildman–Crippen LogP) is 2.71. The van der Waals surface area contributed by atoms with E-state index in [1.807, 2.05) is 0 Å². The second-order valence-electron chi connectivity index (χ2n) is 4.03. The van der Waals surface area contributed by atoms with Gasteiger partial charge in [0.1, 0.15) is 5.56 Å². The third-order valence-electron chi connectivity index (χ3n) is 2.71. The lowest BCUT2D eigenvalue weighted by Gasteiger charge is -2.05. The third kappa shape index (κ3) is 2.55. The van der Waals surface area contributed by atoms with Crippen LogP contribution in [-0.2, 0) is 11.8 Å². The summed E-state index contributed by atoms with van der Waals surface area (Å²) in [4.78, 5) is 22.9. The molecule has 0 saturated carbocycles. The van der Waals surface area contributed by atoms with E-state index in [0.717, 1.165) is 0 Å². The van der Waals surface area contributed by atoms with Crippen LogP contribution in [-0.4, -0.2) is 22.0 Å². The van der Waals surface area contributed by atoms with Gasteiger partial charge in [-0.15, -0.1) is 0 Å². The fourth-order valence-electron chi connectivity index (χ4n) is 1.86. The fourth-order valence-corrected chi connectivity index (χ4v) is 2.36. The summed E-state index contributed by atoms with van der Waals surface area (Å²) in [5, 5.41) is 4.68. The number of carbonyl (C=O) groups is 1. The first-order valence-corrected chi connectivity index (χ1v) is 6.28. The van der Waals surface area contributed by atoms with Crippen molar-refractivity contribution in [3.8, 4) is 5.88 Å². The molecule has 0 aliphatic rings. The lowest BCUT2D eigenvalue weighted by Crippen LogP contribution is -2.07. The number of aryl methyl sites for hydroxylation is 2. The van der Waals surface area contributed by atoms with E-state index in [4.69, 9.17) is 27.9 Å². The summed E-state index contributed by atoms with van der Waals surface area (Å²) in [5.41, 5.74) is 0.844. The van der Waals surface area contributed by atoms with Gasteiger partial charge < -0.3 is 4.74 Å². The number of ketones is 1. The summed E-state index contributed by atoms with van der Waals surface area (Å²) in [7, 11) is 1.56. The summed E-state index contributed by atoms with van der Waals surface area (Å²) in [6, 6.07) is 4.53. The summed E-state index contributed by atoms with van der Waals surface area (Å²) >= 11 is 11.8. The van der Waals surface area contributed by atoms with Gasteiger partial charge >= 0.3 is 6.47 Å². The number of rotatable bonds is 4. The zero-order valence-electron chi connectivity index (χ0n) is 10.6. The van der Waals surface area contributed by atoms with Gasteiger partial charge in [0.05, 0.1) is 10.7 Å². The van der Waals surface area contributed by atoms with Crippen molar-refractivity contribution in [2.75, 3.05) is 0 Å². The molecule has 1 radical (unpaired) electrons. The highest BCUT2D eigenvalue weighted by Crippen LogP contribution is 2.28. The Hall–Kier alpha value is -1.85. The van der Waals surface area contributed by atoms with Crippen molar-refractivity contribution in [1.29, 1.82) is 0 Å². The SMILES string of the molecule is Cc1nn(C)c(O[C]=O)c1C(=O)c1ccc(Cl)cc1Cl. The van der Waals surface area contributed by atoms with Gasteiger partial charge in [-0.05, 0) is 25.1 Å². The number of ether oxygens (including phenoxy) is 1. The zero-order chi connectivity index (χ0) is 14.9. The molecule has 0 atom stereocenters. The maximum atomic E-state index is 12.5. The van der Waals surface area contributed by atoms with Crippen molar-refractivity contribution >= 4 is 35.5 Å². The van der Waals surface area contributed by atoms with Gasteiger partial charge in [-0.25, -0.2) is 9.48 Å². The van der Waals surface area contributed by atoms with Gasteiger partial charge in [0.2, 0.25) is 11.7 Å². The Morgan fingerprint density at radius 3 is 2.70 bits per heavy atom. The molecule has 0 aliphatic heterocycles. The molecule has 1 aromatic heterocycles. The number of hydrogen-bond acceptors (Lipinski definition) is 4. The molecule has 1 heterocycles. The van der Waals surface area contributed by atoms with E-state index < -0.39 is 5.78 Å². The average molecular weight is 312 g/mol. The lowest BCUT2D eigenvalue weighted by molar-refractivity contribution is 0.103. The van der Waals surface area contributed by atoms with Crippen LogP contribution in [0.2, 0.25) is 10.0 Å². The molecule has 0 bridgehead atoms. The maximum absolute atomic E-state index is 12.5. The number of hydrogen-bond donors (Lipinski definition) is 0. The van der Waals surface area contributed by atoms with Crippen molar-refractivity contribution in [3.63, 3.8) is 0 Å². The second-order valence-corrected chi connectivity index (χ2v) is 4.87. The number of halogens is 2. The molecule has 0 unspecified atom stereocenters. The van der Waals surface area contributed by atoms with E-state index in [0.29, 0.717) is 10.7 Å². The highest BCUT2D eigenvalue weighted by molar-refractivity contribution is 6.37. The van der Waals surface area contributed by atoms with Crippen LogP contribution in [0, 0.1) is 6.92 Å². The molecule has 2 aromatic rings. The summed E-state index contributed by atoms with van der Waals surface area (Å²) in [6.07, 6.45) is 0. The second kappa shape index (κ2) is 5.64. The number of nitrogens with zero attached hydrogens (tertiary/aromatic N) is 2. The predicted molar refractivity (Wildman–Crippen MR) is 74.2 cm³/mol. The molecule has 5 nitrogen and oxygen atoms in total. The van der Waals surface area contributed by atoms with Gasteiger partial charge in [-0.3, -0.25) is 4.79 Å². The normalized spacial score (nSPS) is 10.4. The van der Waals surface area contributed by atoms with E-state index in [2.05, 4.69) is 5.10 Å². The Kier molecular flexibility index (Phi) is 4.11. The van der Waals surface area contributed by atoms with Crippen molar-refractivity contribution in [2.45, 2.75) is 6.92 Å². The third-order valence-corrected chi connectivity index (χ3v) is 3.26. The molecule has 0 spiro atoms. The van der Waals surface area contributed by atoms with Crippen LogP contribution < -0.4 is 4.74 Å². The topological polar surface area (TPSA) is 61.2 Å². The van der Waals surface area contributed by atoms with E-state index in [1.54, 1.807) is 20.0 Å². The van der Waals surface area contributed by atoms with Crippen molar-refractivity contribution in [3.05, 3.63) is 45.1 Å². The van der Waals surface area contributed by atoms with Gasteiger partial charge in [0.15, 0.2) is 0 Å². The van der Waals surface area contributed by atoms with Crippen molar-refractivity contribution in [2.24, 2.45) is 7.05 Å². The van der Waals surface area contributed by atoms with Gasteiger partial charge in [0.25, 0.3) is 0 Å². The average Bonchev–Trinajstić information content (AvgIpc) is 2.64. The van der Waals surface area contributed by atoms with Gasteiger partial charge in [-0.2, -0.15) is 5.10 Å². The highest BCUT2D eigenvalue weighted by atomic mass is 35.5. The molecule has 0 fully saturated rings. The van der Waals surface area contributed by atoms with Crippen LogP contribution in [0.5, 0.6) is 5.88 Å². The lowest BCUT2D eigenvalue weighted by atomic mass is 10.0. The van der Waals surface area contributed by atoms with Crippen LogP contribution in [0.4, 0.5) is 0 Å². The molecule has 1 aromatic carbocycles. The Morgan fingerprint density at radius 1 is 1.40 bits per heavy atom.